The highest BCUT2D eigenvalue weighted by atomic mass is 127. The number of benzene rings is 4. The smallest absolute Gasteiger partial charge is 0.282 e. The number of methoxy groups -OCH3 is 2. The van der Waals surface area contributed by atoms with Gasteiger partial charge in [-0.2, -0.15) is 9.78 Å². The number of hydrogen-bond donors (Lipinski definition) is 0. The molecule has 6 rings (SSSR count). The summed E-state index contributed by atoms with van der Waals surface area (Å²) in [5.41, 5.74) is 2.57. The summed E-state index contributed by atoms with van der Waals surface area (Å²) < 4.78 is 26.5. The fourth-order valence-corrected chi connectivity index (χ4v) is 5.57. The Morgan fingerprint density at radius 3 is 2.52 bits per heavy atom. The SMILES string of the molecule is COc1cc(C=Nn2c(-c3cc4c(OC)cccc4o3)nc3ccccc3c2=O)cc(I)c1OCc1ccc(Br)cc1. The van der Waals surface area contributed by atoms with Crippen LogP contribution >= 0.6 is 38.5 Å². The normalized spacial score (nSPS) is 11.4. The van der Waals surface area contributed by atoms with Crippen LogP contribution in [-0.4, -0.2) is 30.1 Å². The third-order valence-corrected chi connectivity index (χ3v) is 7.92. The van der Waals surface area contributed by atoms with E-state index in [9.17, 15) is 4.79 Å². The molecule has 2 heterocycles. The highest BCUT2D eigenvalue weighted by Crippen LogP contribution is 2.35. The molecule has 210 valence electrons. The zero-order valence-corrected chi connectivity index (χ0v) is 26.2. The van der Waals surface area contributed by atoms with Gasteiger partial charge in [0.2, 0.25) is 5.82 Å². The maximum Gasteiger partial charge on any atom is 0.282 e. The second kappa shape index (κ2) is 12.0. The fraction of sp³-hybridized carbons (Fsp3) is 0.0938. The van der Waals surface area contributed by atoms with Crippen molar-refractivity contribution in [3.8, 4) is 28.8 Å². The van der Waals surface area contributed by atoms with Crippen molar-refractivity contribution in [2.24, 2.45) is 5.10 Å². The molecule has 10 heteroatoms. The molecule has 4 aromatic carbocycles. The molecule has 0 bridgehead atoms. The molecule has 0 saturated carbocycles. The largest absolute Gasteiger partial charge is 0.496 e. The van der Waals surface area contributed by atoms with Crippen molar-refractivity contribution in [3.05, 3.63) is 114 Å². The number of furan rings is 1. The molecule has 0 fully saturated rings. The van der Waals surface area contributed by atoms with Gasteiger partial charge >= 0.3 is 0 Å². The van der Waals surface area contributed by atoms with Gasteiger partial charge < -0.3 is 18.6 Å². The lowest BCUT2D eigenvalue weighted by Crippen LogP contribution is -2.20. The fourth-order valence-electron chi connectivity index (χ4n) is 4.53. The lowest BCUT2D eigenvalue weighted by molar-refractivity contribution is 0.282. The Labute approximate surface area is 262 Å². The summed E-state index contributed by atoms with van der Waals surface area (Å²) in [5, 5.41) is 5.79. The zero-order valence-electron chi connectivity index (χ0n) is 22.5. The monoisotopic (exact) mass is 735 g/mol. The first-order valence-electron chi connectivity index (χ1n) is 12.8. The Kier molecular flexibility index (Phi) is 7.98. The quantitative estimate of drug-likeness (QED) is 0.118. The summed E-state index contributed by atoms with van der Waals surface area (Å²) in [4.78, 5) is 18.4. The van der Waals surface area contributed by atoms with Crippen LogP contribution in [0.5, 0.6) is 17.2 Å². The second-order valence-corrected chi connectivity index (χ2v) is 11.3. The molecule has 0 unspecified atom stereocenters. The van der Waals surface area contributed by atoms with E-state index < -0.39 is 0 Å². The predicted octanol–water partition coefficient (Wildman–Crippen LogP) is 7.66. The number of para-hydroxylation sites is 1. The first kappa shape index (κ1) is 28.0. The molecule has 0 atom stereocenters. The van der Waals surface area contributed by atoms with E-state index in [1.807, 2.05) is 60.7 Å². The molecule has 8 nitrogen and oxygen atoms in total. The van der Waals surface area contributed by atoms with Crippen LogP contribution in [0.2, 0.25) is 0 Å². The van der Waals surface area contributed by atoms with E-state index in [0.717, 1.165) is 19.0 Å². The van der Waals surface area contributed by atoms with Crippen LogP contribution in [-0.2, 0) is 6.61 Å². The molecule has 0 spiro atoms. The maximum absolute atomic E-state index is 13.7. The second-order valence-electron chi connectivity index (χ2n) is 9.25. The lowest BCUT2D eigenvalue weighted by atomic mass is 10.2. The van der Waals surface area contributed by atoms with Gasteiger partial charge in [-0.15, -0.1) is 0 Å². The average molecular weight is 736 g/mol. The van der Waals surface area contributed by atoms with E-state index in [1.54, 1.807) is 44.7 Å². The maximum atomic E-state index is 13.7. The summed E-state index contributed by atoms with van der Waals surface area (Å²) in [6, 6.07) is 26.1. The molecule has 42 heavy (non-hydrogen) atoms. The van der Waals surface area contributed by atoms with Gasteiger partial charge in [0.05, 0.1) is 40.3 Å². The summed E-state index contributed by atoms with van der Waals surface area (Å²) in [7, 11) is 3.19. The molecular weight excluding hydrogens is 713 g/mol. The highest BCUT2D eigenvalue weighted by Gasteiger charge is 2.18. The standard InChI is InChI=1S/C32H23BrIN3O5/c1-39-26-8-5-9-27-23(26)16-29(42-27)31-36-25-7-4-3-6-22(25)32(38)37(31)35-17-20-14-24(34)30(28(15-20)40-2)41-18-19-10-12-21(33)13-11-19/h3-17H,18H2,1-2H3. The van der Waals surface area contributed by atoms with Gasteiger partial charge in [0.15, 0.2) is 17.3 Å². The third kappa shape index (κ3) is 5.51. The van der Waals surface area contributed by atoms with Crippen molar-refractivity contribution >= 4 is 66.6 Å². The zero-order chi connectivity index (χ0) is 29.2. The molecule has 0 saturated heterocycles. The molecule has 0 aliphatic heterocycles. The highest BCUT2D eigenvalue weighted by molar-refractivity contribution is 14.1. The Morgan fingerprint density at radius 2 is 1.74 bits per heavy atom. The Hall–Kier alpha value is -4.16. The number of halogens is 2. The number of fused-ring (bicyclic) bond motifs is 2. The summed E-state index contributed by atoms with van der Waals surface area (Å²) in [6.07, 6.45) is 1.59. The van der Waals surface area contributed by atoms with Crippen molar-refractivity contribution in [2.75, 3.05) is 14.2 Å². The first-order valence-corrected chi connectivity index (χ1v) is 14.7. The van der Waals surface area contributed by atoms with E-state index in [-0.39, 0.29) is 11.4 Å². The minimum Gasteiger partial charge on any atom is -0.496 e. The first-order chi connectivity index (χ1) is 20.4. The topological polar surface area (TPSA) is 88.1 Å². The number of hydrogen-bond acceptors (Lipinski definition) is 7. The molecular formula is C32H23BrIN3O5. The minimum atomic E-state index is -0.324. The van der Waals surface area contributed by atoms with Gasteiger partial charge in [0.1, 0.15) is 17.9 Å². The Balaban J connectivity index is 1.40. The van der Waals surface area contributed by atoms with E-state index >= 15 is 0 Å². The van der Waals surface area contributed by atoms with Gasteiger partial charge in [-0.25, -0.2) is 4.98 Å². The molecule has 0 amide bonds. The molecule has 6 aromatic rings. The van der Waals surface area contributed by atoms with Gasteiger partial charge in [0.25, 0.3) is 5.56 Å². The predicted molar refractivity (Wildman–Crippen MR) is 175 cm³/mol. The van der Waals surface area contributed by atoms with E-state index in [0.29, 0.717) is 51.7 Å². The van der Waals surface area contributed by atoms with E-state index in [2.05, 4.69) is 43.6 Å². The average Bonchev–Trinajstić information content (AvgIpc) is 3.45. The number of rotatable bonds is 8. The van der Waals surface area contributed by atoms with Crippen LogP contribution in [0, 0.1) is 3.57 Å². The van der Waals surface area contributed by atoms with Crippen molar-refractivity contribution in [2.45, 2.75) is 6.61 Å². The molecule has 0 aliphatic rings. The lowest BCUT2D eigenvalue weighted by Gasteiger charge is -2.14. The number of aromatic nitrogens is 2. The van der Waals surface area contributed by atoms with Crippen LogP contribution < -0.4 is 19.8 Å². The summed E-state index contributed by atoms with van der Waals surface area (Å²) in [6.45, 7) is 0.386. The van der Waals surface area contributed by atoms with Crippen molar-refractivity contribution in [1.82, 2.24) is 9.66 Å². The molecule has 0 radical (unpaired) electrons. The van der Waals surface area contributed by atoms with E-state index in [1.165, 1.54) is 4.68 Å². The minimum absolute atomic E-state index is 0.268. The van der Waals surface area contributed by atoms with Crippen LogP contribution in [0.25, 0.3) is 33.5 Å². The van der Waals surface area contributed by atoms with Crippen LogP contribution in [0.1, 0.15) is 11.1 Å². The van der Waals surface area contributed by atoms with Gasteiger partial charge in [-0.3, -0.25) is 4.79 Å². The van der Waals surface area contributed by atoms with Crippen molar-refractivity contribution in [1.29, 1.82) is 0 Å². The van der Waals surface area contributed by atoms with Crippen LogP contribution in [0.4, 0.5) is 0 Å². The number of ether oxygens (including phenoxy) is 3. The van der Waals surface area contributed by atoms with Gasteiger partial charge in [-0.05, 0) is 88.3 Å². The van der Waals surface area contributed by atoms with Crippen molar-refractivity contribution in [3.63, 3.8) is 0 Å². The molecule has 0 aliphatic carbocycles. The van der Waals surface area contributed by atoms with Gasteiger partial charge in [0, 0.05) is 4.47 Å². The summed E-state index contributed by atoms with van der Waals surface area (Å²) >= 11 is 5.66. The molecule has 0 N–H and O–H groups in total. The molecule has 2 aromatic heterocycles. The Morgan fingerprint density at radius 1 is 0.952 bits per heavy atom. The third-order valence-electron chi connectivity index (χ3n) is 6.59. The van der Waals surface area contributed by atoms with Crippen LogP contribution in [0.15, 0.2) is 104 Å². The number of nitrogens with zero attached hydrogens (tertiary/aromatic N) is 3. The van der Waals surface area contributed by atoms with E-state index in [4.69, 9.17) is 23.6 Å². The summed E-state index contributed by atoms with van der Waals surface area (Å²) in [5.74, 6) is 2.49. The van der Waals surface area contributed by atoms with Crippen LogP contribution in [0.3, 0.4) is 0 Å². The van der Waals surface area contributed by atoms with Crippen molar-refractivity contribution < 1.29 is 18.6 Å². The Bertz CT molecular complexity index is 2020. The van der Waals surface area contributed by atoms with Gasteiger partial charge in [-0.1, -0.05) is 46.3 Å².